The molecule has 2 aromatic rings. The molecule has 0 radical (unpaired) electrons. The van der Waals surface area contributed by atoms with Crippen molar-refractivity contribution in [3.63, 3.8) is 0 Å². The van der Waals surface area contributed by atoms with Gasteiger partial charge in [-0.05, 0) is 60.9 Å². The third-order valence-electron chi connectivity index (χ3n) is 4.59. The molecule has 0 bridgehead atoms. The van der Waals surface area contributed by atoms with Gasteiger partial charge in [-0.25, -0.2) is 0 Å². The molecule has 1 atom stereocenters. The summed E-state index contributed by atoms with van der Waals surface area (Å²) in [4.78, 5) is 13.9. The van der Waals surface area contributed by atoms with Gasteiger partial charge in [0.25, 0.3) is 0 Å². The van der Waals surface area contributed by atoms with Crippen molar-refractivity contribution in [2.75, 3.05) is 5.32 Å². The molecule has 2 nitrogen and oxygen atoms in total. The summed E-state index contributed by atoms with van der Waals surface area (Å²) < 4.78 is 0. The lowest BCUT2D eigenvalue weighted by atomic mass is 9.90. The number of rotatable bonds is 2. The number of benzene rings is 2. The highest BCUT2D eigenvalue weighted by Crippen LogP contribution is 2.37. The smallest absolute Gasteiger partial charge is 0.238 e. The highest BCUT2D eigenvalue weighted by atomic mass is 32.2. The lowest BCUT2D eigenvalue weighted by molar-refractivity contribution is -0.115. The van der Waals surface area contributed by atoms with E-state index in [2.05, 4.69) is 35.6 Å². The summed E-state index contributed by atoms with van der Waals surface area (Å²) in [5.74, 6) is 0.139. The van der Waals surface area contributed by atoms with Gasteiger partial charge in [0.15, 0.2) is 0 Å². The number of aryl methyl sites for hydroxylation is 1. The van der Waals surface area contributed by atoms with Crippen LogP contribution in [0.5, 0.6) is 0 Å². The molecule has 0 saturated carbocycles. The first-order valence-corrected chi connectivity index (χ1v) is 8.85. The zero-order valence-corrected chi connectivity index (χ0v) is 13.3. The van der Waals surface area contributed by atoms with E-state index in [0.717, 1.165) is 24.9 Å². The molecule has 1 amide bonds. The van der Waals surface area contributed by atoms with Crippen molar-refractivity contribution >= 4 is 23.4 Å². The van der Waals surface area contributed by atoms with Gasteiger partial charge in [0.05, 0.1) is 5.25 Å². The fourth-order valence-electron chi connectivity index (χ4n) is 3.44. The van der Waals surface area contributed by atoms with Gasteiger partial charge >= 0.3 is 0 Å². The largest absolute Gasteiger partial charge is 0.325 e. The number of hydrogen-bond donors (Lipinski definition) is 1. The van der Waals surface area contributed by atoms with Gasteiger partial charge in [-0.1, -0.05) is 30.3 Å². The predicted octanol–water partition coefficient (Wildman–Crippen LogP) is 4.22. The number of hydrogen-bond acceptors (Lipinski definition) is 2. The van der Waals surface area contributed by atoms with Gasteiger partial charge < -0.3 is 5.32 Å². The fourth-order valence-corrected chi connectivity index (χ4v) is 4.64. The Kier molecular flexibility index (Phi) is 3.67. The molecule has 3 heteroatoms. The Balaban J connectivity index is 1.52. The van der Waals surface area contributed by atoms with Gasteiger partial charge in [-0.3, -0.25) is 4.79 Å². The second-order valence-corrected chi connectivity index (χ2v) is 7.30. The molecular formula is C19H19NOS. The highest BCUT2D eigenvalue weighted by Gasteiger charge is 2.28. The van der Waals surface area contributed by atoms with Crippen molar-refractivity contribution in [2.45, 2.75) is 42.2 Å². The molecular weight excluding hydrogens is 290 g/mol. The Morgan fingerprint density at radius 3 is 2.73 bits per heavy atom. The third-order valence-corrected chi connectivity index (χ3v) is 5.91. The number of amides is 1. The van der Waals surface area contributed by atoms with Crippen LogP contribution < -0.4 is 5.32 Å². The van der Waals surface area contributed by atoms with Crippen LogP contribution in [0.3, 0.4) is 0 Å². The highest BCUT2D eigenvalue weighted by molar-refractivity contribution is 8.01. The molecule has 0 fully saturated rings. The number of nitrogens with one attached hydrogen (secondary N) is 1. The number of fused-ring (bicyclic) bond motifs is 2. The van der Waals surface area contributed by atoms with Crippen LogP contribution in [0.25, 0.3) is 0 Å². The summed E-state index contributed by atoms with van der Waals surface area (Å²) in [5, 5.41) is 3.18. The molecule has 2 aromatic carbocycles. The third kappa shape index (κ3) is 2.54. The number of thioether (sulfide) groups is 1. The van der Waals surface area contributed by atoms with E-state index < -0.39 is 0 Å². The van der Waals surface area contributed by atoms with Crippen molar-refractivity contribution in [1.82, 2.24) is 0 Å². The summed E-state index contributed by atoms with van der Waals surface area (Å²) in [6, 6.07) is 14.6. The SMILES string of the molecule is O=C(Nc1cccc2c1CCCC2)C1Cc2ccccc2S1. The quantitative estimate of drug-likeness (QED) is 0.900. The van der Waals surface area contributed by atoms with E-state index in [1.807, 2.05) is 12.1 Å². The average Bonchev–Trinajstić information content (AvgIpc) is 2.99. The van der Waals surface area contributed by atoms with Gasteiger partial charge in [-0.15, -0.1) is 11.8 Å². The number of anilines is 1. The van der Waals surface area contributed by atoms with Crippen molar-refractivity contribution < 1.29 is 4.79 Å². The molecule has 22 heavy (non-hydrogen) atoms. The topological polar surface area (TPSA) is 29.1 Å². The minimum Gasteiger partial charge on any atom is -0.325 e. The minimum atomic E-state index is -0.00292. The van der Waals surface area contributed by atoms with Gasteiger partial charge in [-0.2, -0.15) is 0 Å². The van der Waals surface area contributed by atoms with E-state index in [1.165, 1.54) is 34.4 Å². The van der Waals surface area contributed by atoms with E-state index in [1.54, 1.807) is 11.8 Å². The molecule has 1 unspecified atom stereocenters. The van der Waals surface area contributed by atoms with Gasteiger partial charge in [0.1, 0.15) is 0 Å². The molecule has 1 aliphatic carbocycles. The molecule has 2 aliphatic rings. The number of carbonyl (C=O) groups excluding carboxylic acids is 1. The van der Waals surface area contributed by atoms with Crippen LogP contribution in [-0.4, -0.2) is 11.2 Å². The summed E-state index contributed by atoms with van der Waals surface area (Å²) in [7, 11) is 0. The van der Waals surface area contributed by atoms with Crippen molar-refractivity contribution in [1.29, 1.82) is 0 Å². The Labute approximate surface area is 135 Å². The van der Waals surface area contributed by atoms with E-state index in [9.17, 15) is 4.79 Å². The van der Waals surface area contributed by atoms with Crippen LogP contribution in [0.2, 0.25) is 0 Å². The number of carbonyl (C=O) groups is 1. The van der Waals surface area contributed by atoms with Gasteiger partial charge in [0, 0.05) is 10.6 Å². The van der Waals surface area contributed by atoms with Crippen molar-refractivity contribution in [3.05, 3.63) is 59.2 Å². The van der Waals surface area contributed by atoms with Crippen LogP contribution in [0.4, 0.5) is 5.69 Å². The summed E-state index contributed by atoms with van der Waals surface area (Å²) in [5.41, 5.74) is 5.08. The van der Waals surface area contributed by atoms with E-state index >= 15 is 0 Å². The Bertz CT molecular complexity index is 700. The predicted molar refractivity (Wildman–Crippen MR) is 91.5 cm³/mol. The molecule has 4 rings (SSSR count). The van der Waals surface area contributed by atoms with E-state index in [0.29, 0.717) is 0 Å². The molecule has 0 aromatic heterocycles. The lowest BCUT2D eigenvalue weighted by Crippen LogP contribution is -2.25. The molecule has 0 spiro atoms. The second kappa shape index (κ2) is 5.81. The zero-order chi connectivity index (χ0) is 14.9. The normalized spacial score (nSPS) is 19.4. The first kappa shape index (κ1) is 13.9. The molecule has 0 saturated heterocycles. The van der Waals surface area contributed by atoms with Crippen LogP contribution in [0.1, 0.15) is 29.5 Å². The minimum absolute atomic E-state index is 0.00292. The monoisotopic (exact) mass is 309 g/mol. The van der Waals surface area contributed by atoms with Crippen LogP contribution in [0, 0.1) is 0 Å². The maximum absolute atomic E-state index is 12.6. The summed E-state index contributed by atoms with van der Waals surface area (Å²) in [6.07, 6.45) is 5.55. The Hall–Kier alpha value is -1.74. The first-order chi connectivity index (χ1) is 10.8. The maximum atomic E-state index is 12.6. The van der Waals surface area contributed by atoms with E-state index in [4.69, 9.17) is 0 Å². The summed E-state index contributed by atoms with van der Waals surface area (Å²) >= 11 is 1.69. The van der Waals surface area contributed by atoms with Crippen LogP contribution in [-0.2, 0) is 24.1 Å². The van der Waals surface area contributed by atoms with Crippen molar-refractivity contribution in [2.24, 2.45) is 0 Å². The maximum Gasteiger partial charge on any atom is 0.238 e. The first-order valence-electron chi connectivity index (χ1n) is 7.97. The van der Waals surface area contributed by atoms with Gasteiger partial charge in [0.2, 0.25) is 5.91 Å². The van der Waals surface area contributed by atoms with Crippen molar-refractivity contribution in [3.8, 4) is 0 Å². The average molecular weight is 309 g/mol. The molecule has 1 N–H and O–H groups in total. The standard InChI is InChI=1S/C19H19NOS/c21-19(18-12-14-7-2-4-11-17(14)22-18)20-16-10-5-8-13-6-1-3-9-15(13)16/h2,4-5,7-8,10-11,18H,1,3,6,9,12H2,(H,20,21). The van der Waals surface area contributed by atoms with E-state index in [-0.39, 0.29) is 11.2 Å². The summed E-state index contributed by atoms with van der Waals surface area (Å²) in [6.45, 7) is 0. The lowest BCUT2D eigenvalue weighted by Gasteiger charge is -2.20. The second-order valence-electron chi connectivity index (χ2n) is 6.06. The van der Waals surface area contributed by atoms with Crippen LogP contribution in [0.15, 0.2) is 47.4 Å². The molecule has 112 valence electrons. The Morgan fingerprint density at radius 2 is 1.82 bits per heavy atom. The molecule has 1 aliphatic heterocycles. The molecule has 1 heterocycles. The van der Waals surface area contributed by atoms with Crippen LogP contribution >= 0.6 is 11.8 Å². The fraction of sp³-hybridized carbons (Fsp3) is 0.316. The zero-order valence-electron chi connectivity index (χ0n) is 12.5. The Morgan fingerprint density at radius 1 is 1.00 bits per heavy atom.